The van der Waals surface area contributed by atoms with Gasteiger partial charge < -0.3 is 15.1 Å². The second-order valence-electron chi connectivity index (χ2n) is 9.13. The summed E-state index contributed by atoms with van der Waals surface area (Å²) in [5.74, 6) is -4.47. The number of carboxylic acids is 2. The summed E-state index contributed by atoms with van der Waals surface area (Å²) in [5.41, 5.74) is 1.87. The maximum Gasteiger partial charge on any atom is 0.490 e. The van der Waals surface area contributed by atoms with Gasteiger partial charge in [-0.05, 0) is 75.2 Å². The Morgan fingerprint density at radius 3 is 1.80 bits per heavy atom. The van der Waals surface area contributed by atoms with Gasteiger partial charge in [-0.25, -0.2) is 9.59 Å². The van der Waals surface area contributed by atoms with Crippen LogP contribution in [0.1, 0.15) is 37.8 Å². The third kappa shape index (κ3) is 10.4. The Bertz CT molecular complexity index is 799. The van der Waals surface area contributed by atoms with E-state index in [1.54, 1.807) is 0 Å². The van der Waals surface area contributed by atoms with Crippen LogP contribution in [-0.4, -0.2) is 82.0 Å². The Hall–Kier alpha value is -2.41. The van der Waals surface area contributed by atoms with Crippen LogP contribution in [0.15, 0.2) is 24.4 Å². The summed E-state index contributed by atoms with van der Waals surface area (Å²) < 4.78 is 63.5. The van der Waals surface area contributed by atoms with Crippen LogP contribution in [0.3, 0.4) is 0 Å². The topological polar surface area (TPSA) is 94.0 Å². The molecule has 35 heavy (non-hydrogen) atoms. The van der Waals surface area contributed by atoms with Gasteiger partial charge in [0.25, 0.3) is 0 Å². The van der Waals surface area contributed by atoms with Crippen molar-refractivity contribution in [2.75, 3.05) is 32.7 Å². The molecule has 3 aliphatic rings. The fraction of sp³-hybridized carbons (Fsp3) is 0.682. The zero-order valence-electron chi connectivity index (χ0n) is 19.0. The van der Waals surface area contributed by atoms with E-state index in [0.29, 0.717) is 5.41 Å². The van der Waals surface area contributed by atoms with E-state index in [9.17, 15) is 26.3 Å². The molecule has 198 valence electrons. The number of carboxylic acid groups (broad SMARTS) is 2. The van der Waals surface area contributed by atoms with Crippen LogP contribution in [-0.2, 0) is 16.1 Å². The standard InChI is InChI=1S/C18H27N3.2C2HF3O2/c1-2-9-19-17(3-1)14-20-10-6-18(7-11-20)8-12-21(15-18)13-16-4-5-16;2*3-2(4,5)1(6)7/h1-3,9,16H,4-8,10-15H2;2*(H,6,7). The summed E-state index contributed by atoms with van der Waals surface area (Å²) in [7, 11) is 0. The van der Waals surface area contributed by atoms with Crippen LogP contribution in [0.25, 0.3) is 0 Å². The second-order valence-corrected chi connectivity index (χ2v) is 9.13. The summed E-state index contributed by atoms with van der Waals surface area (Å²) in [6.45, 7) is 7.67. The number of aromatic nitrogens is 1. The van der Waals surface area contributed by atoms with Gasteiger partial charge in [-0.15, -0.1) is 0 Å². The van der Waals surface area contributed by atoms with Crippen molar-refractivity contribution >= 4 is 11.9 Å². The van der Waals surface area contributed by atoms with Gasteiger partial charge in [0.15, 0.2) is 0 Å². The minimum atomic E-state index is -5.08. The number of nitrogens with zero attached hydrogens (tertiary/aromatic N) is 3. The van der Waals surface area contributed by atoms with E-state index < -0.39 is 24.3 Å². The Labute approximate surface area is 198 Å². The fourth-order valence-corrected chi connectivity index (χ4v) is 4.16. The first-order valence-corrected chi connectivity index (χ1v) is 11.1. The minimum Gasteiger partial charge on any atom is -0.475 e. The molecule has 1 aliphatic carbocycles. The molecule has 7 nitrogen and oxygen atoms in total. The smallest absolute Gasteiger partial charge is 0.475 e. The van der Waals surface area contributed by atoms with Gasteiger partial charge >= 0.3 is 24.3 Å². The molecule has 0 amide bonds. The Kier molecular flexibility index (Phi) is 9.90. The molecular weight excluding hydrogens is 484 g/mol. The molecule has 1 spiro atoms. The zero-order chi connectivity index (χ0) is 26.3. The minimum absolute atomic E-state index is 0.648. The highest BCUT2D eigenvalue weighted by atomic mass is 19.4. The van der Waals surface area contributed by atoms with Crippen molar-refractivity contribution in [2.45, 2.75) is 51.0 Å². The zero-order valence-corrected chi connectivity index (χ0v) is 19.0. The molecule has 0 radical (unpaired) electrons. The van der Waals surface area contributed by atoms with Crippen LogP contribution in [0.5, 0.6) is 0 Å². The van der Waals surface area contributed by atoms with E-state index in [1.165, 1.54) is 70.5 Å². The SMILES string of the molecule is O=C(O)C(F)(F)F.O=C(O)C(F)(F)F.c1ccc(CN2CCC3(CC2)CCN(CC2CC2)C3)nc1. The molecule has 2 N–H and O–H groups in total. The van der Waals surface area contributed by atoms with Crippen LogP contribution in [0.4, 0.5) is 26.3 Å². The van der Waals surface area contributed by atoms with Crippen LogP contribution >= 0.6 is 0 Å². The number of aliphatic carboxylic acids is 2. The molecule has 0 unspecified atom stereocenters. The average Bonchev–Trinajstić information content (AvgIpc) is 3.50. The van der Waals surface area contributed by atoms with Crippen LogP contribution in [0.2, 0.25) is 0 Å². The van der Waals surface area contributed by atoms with Gasteiger partial charge in [0, 0.05) is 25.8 Å². The maximum absolute atomic E-state index is 10.6. The Morgan fingerprint density at radius 1 is 0.914 bits per heavy atom. The number of piperidine rings is 1. The quantitative estimate of drug-likeness (QED) is 0.587. The van der Waals surface area contributed by atoms with E-state index in [-0.39, 0.29) is 0 Å². The van der Waals surface area contributed by atoms with Crippen molar-refractivity contribution in [3.8, 4) is 0 Å². The van der Waals surface area contributed by atoms with Crippen molar-refractivity contribution in [3.63, 3.8) is 0 Å². The molecule has 1 aromatic heterocycles. The average molecular weight is 513 g/mol. The first-order valence-electron chi connectivity index (χ1n) is 11.1. The van der Waals surface area contributed by atoms with Crippen molar-refractivity contribution in [1.82, 2.24) is 14.8 Å². The van der Waals surface area contributed by atoms with Crippen molar-refractivity contribution < 1.29 is 46.1 Å². The van der Waals surface area contributed by atoms with Crippen molar-refractivity contribution in [2.24, 2.45) is 11.3 Å². The lowest BCUT2D eigenvalue weighted by atomic mass is 9.78. The van der Waals surface area contributed by atoms with Gasteiger partial charge in [-0.1, -0.05) is 6.07 Å². The number of rotatable bonds is 4. The predicted octanol–water partition coefficient (Wildman–Crippen LogP) is 4.05. The van der Waals surface area contributed by atoms with E-state index in [4.69, 9.17) is 19.8 Å². The predicted molar refractivity (Wildman–Crippen MR) is 112 cm³/mol. The second kappa shape index (κ2) is 12.0. The molecule has 2 aliphatic heterocycles. The molecular formula is C22H29F6N3O4. The summed E-state index contributed by atoms with van der Waals surface area (Å²) in [6, 6.07) is 6.25. The normalized spacial score (nSPS) is 20.4. The van der Waals surface area contributed by atoms with E-state index in [0.717, 1.165) is 12.5 Å². The highest BCUT2D eigenvalue weighted by molar-refractivity contribution is 5.73. The molecule has 0 aromatic carbocycles. The summed E-state index contributed by atoms with van der Waals surface area (Å²) in [6.07, 6.45) is -1.06. The van der Waals surface area contributed by atoms with E-state index >= 15 is 0 Å². The highest BCUT2D eigenvalue weighted by Gasteiger charge is 2.42. The Balaban J connectivity index is 0.000000257. The van der Waals surface area contributed by atoms with Crippen molar-refractivity contribution in [3.05, 3.63) is 30.1 Å². The number of hydrogen-bond donors (Lipinski definition) is 2. The first-order chi connectivity index (χ1) is 16.2. The molecule has 0 atom stereocenters. The first kappa shape index (κ1) is 28.8. The molecule has 4 rings (SSSR count). The fourth-order valence-electron chi connectivity index (χ4n) is 4.16. The highest BCUT2D eigenvalue weighted by Crippen LogP contribution is 2.42. The van der Waals surface area contributed by atoms with Crippen molar-refractivity contribution in [1.29, 1.82) is 0 Å². The number of hydrogen-bond acceptors (Lipinski definition) is 5. The third-order valence-electron chi connectivity index (χ3n) is 6.24. The number of pyridine rings is 1. The number of likely N-dealkylation sites (tertiary alicyclic amines) is 2. The maximum atomic E-state index is 10.6. The lowest BCUT2D eigenvalue weighted by Gasteiger charge is -2.39. The molecule has 13 heteroatoms. The molecule has 1 aromatic rings. The van der Waals surface area contributed by atoms with Gasteiger partial charge in [-0.2, -0.15) is 26.3 Å². The van der Waals surface area contributed by atoms with Gasteiger partial charge in [0.05, 0.1) is 5.69 Å². The monoisotopic (exact) mass is 513 g/mol. The molecule has 3 fully saturated rings. The molecule has 0 bridgehead atoms. The number of halogens is 6. The summed E-state index contributed by atoms with van der Waals surface area (Å²) in [5, 5.41) is 14.2. The van der Waals surface area contributed by atoms with Gasteiger partial charge in [-0.3, -0.25) is 9.88 Å². The molecule has 1 saturated carbocycles. The molecule has 3 heterocycles. The number of alkyl halides is 6. The Morgan fingerprint density at radius 2 is 1.40 bits per heavy atom. The summed E-state index contributed by atoms with van der Waals surface area (Å²) >= 11 is 0. The van der Waals surface area contributed by atoms with Gasteiger partial charge in [0.2, 0.25) is 0 Å². The largest absolute Gasteiger partial charge is 0.490 e. The van der Waals surface area contributed by atoms with Crippen LogP contribution < -0.4 is 0 Å². The van der Waals surface area contributed by atoms with Crippen LogP contribution in [0, 0.1) is 11.3 Å². The lowest BCUT2D eigenvalue weighted by molar-refractivity contribution is -0.193. The summed E-state index contributed by atoms with van der Waals surface area (Å²) in [4.78, 5) is 27.6. The van der Waals surface area contributed by atoms with E-state index in [1.807, 2.05) is 12.3 Å². The third-order valence-corrected chi connectivity index (χ3v) is 6.24. The van der Waals surface area contributed by atoms with Gasteiger partial charge in [0.1, 0.15) is 0 Å². The molecule has 2 saturated heterocycles. The lowest BCUT2D eigenvalue weighted by Crippen LogP contribution is -2.41. The number of carbonyl (C=O) groups is 2. The van der Waals surface area contributed by atoms with E-state index in [2.05, 4.69) is 26.9 Å².